The number of rotatable bonds is 22. The van der Waals surface area contributed by atoms with Gasteiger partial charge in [0.05, 0.1) is 12.7 Å². The van der Waals surface area contributed by atoms with Gasteiger partial charge in [-0.25, -0.2) is 0 Å². The Labute approximate surface area is 369 Å². The average molecular weight is 1000 g/mol. The number of methoxy groups -OCH3 is 1. The first kappa shape index (κ1) is 54.2. The summed E-state index contributed by atoms with van der Waals surface area (Å²) in [5.74, 6) is 0. The van der Waals surface area contributed by atoms with Crippen LogP contribution in [0, 0.1) is 0 Å². The summed E-state index contributed by atoms with van der Waals surface area (Å²) in [5, 5.41) is 24.7. The maximum absolute atomic E-state index is 12.5. The maximum Gasteiger partial charge on any atom is 0.491 e. The Balaban J connectivity index is 2.07. The van der Waals surface area contributed by atoms with E-state index in [9.17, 15) is 19.8 Å². The molecule has 360 valence electrons. The Kier molecular flexibility index (Phi) is 22.8. The first-order chi connectivity index (χ1) is 29.2. The highest BCUT2D eigenvalue weighted by Gasteiger charge is 2.67. The Morgan fingerprint density at radius 2 is 0.967 bits per heavy atom. The lowest BCUT2D eigenvalue weighted by molar-refractivity contribution is -0.179. The number of fused-ring (bicyclic) bond motifs is 7. The monoisotopic (exact) mass is 999 g/mol. The van der Waals surface area contributed by atoms with Gasteiger partial charge in [0.2, 0.25) is 0 Å². The van der Waals surface area contributed by atoms with Crippen molar-refractivity contribution < 1.29 is 71.4 Å². The van der Waals surface area contributed by atoms with Gasteiger partial charge in [-0.05, 0) is 110 Å². The van der Waals surface area contributed by atoms with E-state index in [0.717, 1.165) is 0 Å². The van der Waals surface area contributed by atoms with E-state index < -0.39 is 112 Å². The van der Waals surface area contributed by atoms with E-state index in [2.05, 4.69) is 0 Å². The largest absolute Gasteiger partial charge is 0.491 e. The zero-order chi connectivity index (χ0) is 44.7. The van der Waals surface area contributed by atoms with E-state index in [1.165, 1.54) is 7.11 Å². The second-order valence-electron chi connectivity index (χ2n) is 16.0. The van der Waals surface area contributed by atoms with E-state index in [-0.39, 0.29) is 62.9 Å². The Morgan fingerprint density at radius 3 is 1.46 bits per heavy atom. The topological polar surface area (TPSA) is 374 Å². The third kappa shape index (κ3) is 15.0. The predicted octanol–water partition coefficient (Wildman–Crippen LogP) is -3.98. The summed E-state index contributed by atoms with van der Waals surface area (Å²) in [6.07, 6.45) is -6.66. The van der Waals surface area contributed by atoms with Gasteiger partial charge in [-0.3, -0.25) is 0 Å². The molecule has 4 heterocycles. The fourth-order valence-corrected chi connectivity index (χ4v) is 36.5. The number of hydrogen-bond acceptors (Lipinski definition) is 23. The quantitative estimate of drug-likeness (QED) is 0.0461. The van der Waals surface area contributed by atoms with Crippen molar-refractivity contribution >= 4 is 62.6 Å². The minimum absolute atomic E-state index is 0.0728. The molecule has 0 aromatic rings. The van der Waals surface area contributed by atoms with Crippen LogP contribution in [0.4, 0.5) is 0 Å². The standard InChI is InChI=1S/C31H77N7O16Si7/c1-25-27(40)29-31-30(43-2)28-26(39)24-44-57(41,19-5-12-34)53-59(46-28,21-7-14-36)51-56(18-4-11-33)52-61(48-31,23-9-16-38)54-60(47-29,22-8-15-37)50-55(17-3-10-32)49-58(42,45-25)20-6-13-35/h25-31,39-42,55-56H,3-24,32-38H2,1-2H3/t25-,26+,27-,28+,29-,30+,31-,55?,56?,57?,58?,59?,60?,61?/m1/s1. The third-order valence-corrected chi connectivity index (χ3v) is 35.7. The van der Waals surface area contributed by atoms with Crippen LogP contribution < -0.4 is 40.1 Å². The molecule has 0 amide bonds. The number of ether oxygens (including phenoxy) is 1. The van der Waals surface area contributed by atoms with E-state index in [1.807, 2.05) is 0 Å². The first-order valence-electron chi connectivity index (χ1n) is 21.9. The highest BCUT2D eigenvalue weighted by molar-refractivity contribution is 6.84. The lowest BCUT2D eigenvalue weighted by Gasteiger charge is -2.49. The predicted molar refractivity (Wildman–Crippen MR) is 237 cm³/mol. The molecule has 4 aliphatic rings. The first-order valence-corrected chi connectivity index (χ1v) is 35.1. The van der Waals surface area contributed by atoms with Crippen molar-refractivity contribution in [3.8, 4) is 0 Å². The molecule has 4 saturated heterocycles. The molecule has 7 unspecified atom stereocenters. The molecule has 18 N–H and O–H groups in total. The zero-order valence-corrected chi connectivity index (χ0v) is 43.3. The van der Waals surface area contributed by atoms with E-state index >= 15 is 0 Å². The second-order valence-corrected chi connectivity index (χ2v) is 34.9. The minimum Gasteiger partial charge on any atom is -0.396 e. The number of hydrogen-bond donors (Lipinski definition) is 11. The molecule has 0 aromatic heterocycles. The maximum atomic E-state index is 12.5. The molecule has 0 aromatic carbocycles. The minimum atomic E-state index is -4.25. The molecule has 4 fully saturated rings. The molecule has 4 rings (SSSR count). The van der Waals surface area contributed by atoms with Crippen molar-refractivity contribution in [2.75, 3.05) is 59.5 Å². The van der Waals surface area contributed by atoms with Gasteiger partial charge in [-0.1, -0.05) is 0 Å². The van der Waals surface area contributed by atoms with Crippen LogP contribution in [-0.2, 0) is 51.6 Å². The van der Waals surface area contributed by atoms with Crippen molar-refractivity contribution in [1.29, 1.82) is 0 Å². The van der Waals surface area contributed by atoms with E-state index in [4.69, 9.17) is 91.7 Å². The van der Waals surface area contributed by atoms with Crippen LogP contribution in [0.2, 0.25) is 42.3 Å². The highest BCUT2D eigenvalue weighted by Crippen LogP contribution is 2.43. The number of nitrogens with two attached hydrogens (primary N) is 7. The number of aliphatic hydroxyl groups is 2. The van der Waals surface area contributed by atoms with Crippen molar-refractivity contribution in [1.82, 2.24) is 0 Å². The molecule has 0 saturated carbocycles. The van der Waals surface area contributed by atoms with Crippen molar-refractivity contribution in [2.45, 2.75) is 137 Å². The van der Waals surface area contributed by atoms with Gasteiger partial charge in [0.1, 0.15) is 36.6 Å². The smallest absolute Gasteiger partial charge is 0.396 e. The molecule has 0 radical (unpaired) electrons. The summed E-state index contributed by atoms with van der Waals surface area (Å²) in [4.78, 5) is 24.2. The van der Waals surface area contributed by atoms with Crippen LogP contribution in [-0.4, -0.2) is 185 Å². The van der Waals surface area contributed by atoms with E-state index in [0.29, 0.717) is 70.1 Å². The summed E-state index contributed by atoms with van der Waals surface area (Å²) in [6.45, 7) is 2.98. The molecule has 30 heteroatoms. The van der Waals surface area contributed by atoms with Crippen LogP contribution in [0.3, 0.4) is 0 Å². The summed E-state index contributed by atoms with van der Waals surface area (Å²) in [7, 11) is -25.7. The van der Waals surface area contributed by atoms with Gasteiger partial charge in [-0.15, -0.1) is 0 Å². The Hall–Kier alpha value is 0.598. The summed E-state index contributed by atoms with van der Waals surface area (Å²) >= 11 is 0. The SMILES string of the molecule is CO[C@@H]1[C@@H]2O[Si](CCCN)(O[SiH](CCCN)O[Si]3(CCCN)O[C@H]1[C@@H](O)CO[Si](O)(CCCN)O3)O[Si]1(CCCN)O[C@@H]2[C@H](O)[C@@H](C)O[Si](O)(CCCN)O[SiH](CCCN)O1. The van der Waals surface area contributed by atoms with Crippen LogP contribution >= 0.6 is 0 Å². The van der Waals surface area contributed by atoms with Crippen LogP contribution in [0.15, 0.2) is 0 Å². The zero-order valence-electron chi connectivity index (χ0n) is 36.0. The van der Waals surface area contributed by atoms with Crippen LogP contribution in [0.1, 0.15) is 51.9 Å². The lowest BCUT2D eigenvalue weighted by atomic mass is 9.94. The second kappa shape index (κ2) is 25.7. The molecular weight excluding hydrogens is 923 g/mol. The van der Waals surface area contributed by atoms with Crippen molar-refractivity contribution in [2.24, 2.45) is 40.1 Å². The average Bonchev–Trinajstić information content (AvgIpc) is 3.36. The van der Waals surface area contributed by atoms with Gasteiger partial charge in [0, 0.05) is 37.3 Å². The fraction of sp³-hybridized carbons (Fsp3) is 1.00. The normalized spacial score (nSPS) is 41.4. The highest BCUT2D eigenvalue weighted by atomic mass is 28.5. The molecule has 0 aliphatic carbocycles. The van der Waals surface area contributed by atoms with Crippen molar-refractivity contribution in [3.63, 3.8) is 0 Å². The molecule has 14 atom stereocenters. The summed E-state index contributed by atoms with van der Waals surface area (Å²) in [5.41, 5.74) is 42.4. The third-order valence-electron chi connectivity index (χ3n) is 10.9. The Bertz CT molecular complexity index is 1290. The van der Waals surface area contributed by atoms with Gasteiger partial charge in [-0.2, -0.15) is 0 Å². The van der Waals surface area contributed by atoms with E-state index in [1.54, 1.807) is 6.92 Å². The van der Waals surface area contributed by atoms with Gasteiger partial charge < -0.3 is 111 Å². The Morgan fingerprint density at radius 1 is 0.541 bits per heavy atom. The molecule has 6 bridgehead atoms. The fourth-order valence-electron chi connectivity index (χ4n) is 7.81. The van der Waals surface area contributed by atoms with Crippen molar-refractivity contribution in [3.05, 3.63) is 0 Å². The molecule has 0 spiro atoms. The van der Waals surface area contributed by atoms with Gasteiger partial charge >= 0.3 is 62.6 Å². The number of aliphatic hydroxyl groups excluding tert-OH is 2. The molecule has 23 nitrogen and oxygen atoms in total. The molecule has 61 heavy (non-hydrogen) atoms. The summed E-state index contributed by atoms with van der Waals surface area (Å²) < 4.78 is 82.2. The van der Waals surface area contributed by atoms with Crippen LogP contribution in [0.25, 0.3) is 0 Å². The molecular formula is C31H77N7O16Si7. The van der Waals surface area contributed by atoms with Crippen LogP contribution in [0.5, 0.6) is 0 Å². The van der Waals surface area contributed by atoms with Gasteiger partial charge in [0.15, 0.2) is 0 Å². The summed E-state index contributed by atoms with van der Waals surface area (Å²) in [6, 6.07) is 1.28. The molecule has 4 aliphatic heterocycles. The lowest BCUT2D eigenvalue weighted by Crippen LogP contribution is -2.70. The van der Waals surface area contributed by atoms with Gasteiger partial charge in [0.25, 0.3) is 0 Å².